The van der Waals surface area contributed by atoms with Gasteiger partial charge in [0.1, 0.15) is 0 Å². The van der Waals surface area contributed by atoms with Gasteiger partial charge in [-0.05, 0) is 0 Å². The van der Waals surface area contributed by atoms with Crippen molar-refractivity contribution < 1.29 is 0 Å². The summed E-state index contributed by atoms with van der Waals surface area (Å²) in [5.74, 6) is 5.13. The van der Waals surface area contributed by atoms with Crippen LogP contribution in [0.25, 0.3) is 0 Å². The predicted octanol–water partition coefficient (Wildman–Crippen LogP) is -1.33. The van der Waals surface area contributed by atoms with E-state index < -0.39 is 0 Å². The van der Waals surface area contributed by atoms with Crippen LogP contribution >= 0.6 is 0 Å². The van der Waals surface area contributed by atoms with E-state index in [0.29, 0.717) is 6.54 Å². The highest BCUT2D eigenvalue weighted by atomic mass is 15.8. The quantitative estimate of drug-likeness (QED) is 0.359. The Kier molecular flexibility index (Phi) is 0.736. The van der Waals surface area contributed by atoms with E-state index in [1.165, 1.54) is 5.12 Å². The highest BCUT2D eigenvalue weighted by Crippen LogP contribution is 1.72. The number of nitrogens with zero attached hydrogens (tertiary/aromatic N) is 2. The lowest BCUT2D eigenvalue weighted by Gasteiger charge is -2.01. The molecule has 0 aromatic carbocycles. The van der Waals surface area contributed by atoms with E-state index in [-0.39, 0.29) is 0 Å². The number of nitrogens with one attached hydrogen (secondary N) is 1. The van der Waals surface area contributed by atoms with Gasteiger partial charge in [-0.15, -0.1) is 5.12 Å². The van der Waals surface area contributed by atoms with Crippen molar-refractivity contribution in [2.24, 2.45) is 10.9 Å². The van der Waals surface area contributed by atoms with Crippen LogP contribution in [0, 0.1) is 0 Å². The summed E-state index contributed by atoms with van der Waals surface area (Å²) >= 11 is 0. The molecule has 4 heteroatoms. The summed E-state index contributed by atoms with van der Waals surface area (Å²) in [6, 6.07) is 0. The Labute approximate surface area is 35.6 Å². The van der Waals surface area contributed by atoms with Crippen molar-refractivity contribution in [2.45, 2.75) is 0 Å². The van der Waals surface area contributed by atoms with Crippen LogP contribution in [0.1, 0.15) is 0 Å². The smallest absolute Gasteiger partial charge is 0.0722 e. The number of nitrogens with two attached hydrogens (primary N) is 1. The van der Waals surface area contributed by atoms with E-state index in [1.54, 1.807) is 6.21 Å². The third kappa shape index (κ3) is 0.474. The molecule has 0 radical (unpaired) electrons. The van der Waals surface area contributed by atoms with E-state index in [4.69, 9.17) is 5.84 Å². The Morgan fingerprint density at radius 3 is 3.00 bits per heavy atom. The van der Waals surface area contributed by atoms with Crippen molar-refractivity contribution in [3.63, 3.8) is 0 Å². The first-order valence-electron chi connectivity index (χ1n) is 1.69. The lowest BCUT2D eigenvalue weighted by molar-refractivity contribution is 0.252. The largest absolute Gasteiger partial charge is 0.249 e. The minimum Gasteiger partial charge on any atom is -0.249 e. The molecule has 0 aromatic rings. The van der Waals surface area contributed by atoms with Crippen LogP contribution < -0.4 is 11.4 Å². The van der Waals surface area contributed by atoms with Gasteiger partial charge in [0.25, 0.3) is 0 Å². The van der Waals surface area contributed by atoms with Crippen LogP contribution in [0.3, 0.4) is 0 Å². The maximum absolute atomic E-state index is 5.13. The topological polar surface area (TPSA) is 53.6 Å². The second-order valence-electron chi connectivity index (χ2n) is 1.06. The van der Waals surface area contributed by atoms with E-state index >= 15 is 0 Å². The number of hydrogen-bond donors (Lipinski definition) is 2. The summed E-state index contributed by atoms with van der Waals surface area (Å²) in [5, 5.41) is 4.98. The maximum atomic E-state index is 5.13. The van der Waals surface area contributed by atoms with Gasteiger partial charge in [-0.3, -0.25) is 0 Å². The van der Waals surface area contributed by atoms with Gasteiger partial charge in [-0.2, -0.15) is 5.10 Å². The molecule has 0 spiro atoms. The normalized spacial score (nSPS) is 21.5. The summed E-state index contributed by atoms with van der Waals surface area (Å²) in [6.45, 7) is 0.694. The number of hydrogen-bond acceptors (Lipinski definition) is 4. The molecule has 0 aliphatic carbocycles. The lowest BCUT2D eigenvalue weighted by Crippen LogP contribution is -2.36. The molecular weight excluding hydrogens is 80.1 g/mol. The molecule has 34 valence electrons. The van der Waals surface area contributed by atoms with Gasteiger partial charge in [-0.25, -0.2) is 11.4 Å². The molecule has 0 saturated carbocycles. The van der Waals surface area contributed by atoms with Crippen molar-refractivity contribution in [3.8, 4) is 0 Å². The van der Waals surface area contributed by atoms with Gasteiger partial charge in [0.15, 0.2) is 0 Å². The molecule has 0 bridgehead atoms. The predicted molar refractivity (Wildman–Crippen MR) is 22.5 cm³/mol. The van der Waals surface area contributed by atoms with Gasteiger partial charge in [0.2, 0.25) is 0 Å². The first-order valence-corrected chi connectivity index (χ1v) is 1.69. The Morgan fingerprint density at radius 2 is 2.83 bits per heavy atom. The van der Waals surface area contributed by atoms with E-state index in [2.05, 4.69) is 10.6 Å². The van der Waals surface area contributed by atoms with Gasteiger partial charge in [0, 0.05) is 6.21 Å². The Morgan fingerprint density at radius 1 is 2.00 bits per heavy atom. The zero-order chi connectivity index (χ0) is 4.41. The monoisotopic (exact) mass is 86.1 g/mol. The summed E-state index contributed by atoms with van der Waals surface area (Å²) in [4.78, 5) is 0. The third-order valence-corrected chi connectivity index (χ3v) is 0.556. The second-order valence-corrected chi connectivity index (χ2v) is 1.06. The molecule has 1 heterocycles. The van der Waals surface area contributed by atoms with E-state index in [1.807, 2.05) is 0 Å². The average Bonchev–Trinajstić information content (AvgIpc) is 1.86. The molecule has 1 rings (SSSR count). The lowest BCUT2D eigenvalue weighted by atomic mass is 10.8. The summed E-state index contributed by atoms with van der Waals surface area (Å²) < 4.78 is 0. The number of hydrazone groups is 1. The molecule has 0 saturated heterocycles. The third-order valence-electron chi connectivity index (χ3n) is 0.556. The fourth-order valence-electron chi connectivity index (χ4n) is 0.285. The van der Waals surface area contributed by atoms with Gasteiger partial charge < -0.3 is 0 Å². The average molecular weight is 86.1 g/mol. The van der Waals surface area contributed by atoms with Crippen LogP contribution in [-0.2, 0) is 0 Å². The Hall–Kier alpha value is -0.610. The molecule has 0 fully saturated rings. The molecule has 4 nitrogen and oxygen atoms in total. The van der Waals surface area contributed by atoms with E-state index in [0.717, 1.165) is 0 Å². The molecular formula is C2H6N4. The van der Waals surface area contributed by atoms with Crippen molar-refractivity contribution in [3.05, 3.63) is 0 Å². The molecule has 1 aliphatic heterocycles. The fourth-order valence-corrected chi connectivity index (χ4v) is 0.285. The van der Waals surface area contributed by atoms with Gasteiger partial charge in [0.05, 0.1) is 6.54 Å². The van der Waals surface area contributed by atoms with Crippen molar-refractivity contribution in [1.29, 1.82) is 0 Å². The first-order chi connectivity index (χ1) is 2.89. The summed E-state index contributed by atoms with van der Waals surface area (Å²) in [6.07, 6.45) is 1.69. The molecule has 0 amide bonds. The molecule has 6 heavy (non-hydrogen) atoms. The van der Waals surface area contributed by atoms with Crippen molar-refractivity contribution in [1.82, 2.24) is 10.7 Å². The second kappa shape index (κ2) is 1.24. The Balaban J connectivity index is 2.32. The summed E-state index contributed by atoms with van der Waals surface area (Å²) in [7, 11) is 0. The minimum atomic E-state index is 0.694. The maximum Gasteiger partial charge on any atom is 0.0722 e. The highest BCUT2D eigenvalue weighted by Gasteiger charge is 1.95. The number of rotatable bonds is 0. The van der Waals surface area contributed by atoms with Crippen LogP contribution in [-0.4, -0.2) is 17.9 Å². The summed E-state index contributed by atoms with van der Waals surface area (Å²) in [5.41, 5.74) is 2.50. The standard InChI is InChI=1S/C2H6N4/c3-6-2-1-4-5-6/h1,5H,2-3H2. The van der Waals surface area contributed by atoms with Crippen LogP contribution in [0.2, 0.25) is 0 Å². The van der Waals surface area contributed by atoms with Crippen LogP contribution in [0.4, 0.5) is 0 Å². The zero-order valence-corrected chi connectivity index (χ0v) is 3.26. The fraction of sp³-hybridized carbons (Fsp3) is 0.500. The SMILES string of the molecule is NN1CC=NN1. The molecule has 1 aliphatic rings. The number of hydrazine groups is 2. The van der Waals surface area contributed by atoms with E-state index in [9.17, 15) is 0 Å². The van der Waals surface area contributed by atoms with Crippen LogP contribution in [0.15, 0.2) is 5.10 Å². The minimum absolute atomic E-state index is 0.694. The van der Waals surface area contributed by atoms with Crippen molar-refractivity contribution in [2.75, 3.05) is 6.54 Å². The van der Waals surface area contributed by atoms with Crippen molar-refractivity contribution >= 4 is 6.21 Å². The van der Waals surface area contributed by atoms with Crippen LogP contribution in [0.5, 0.6) is 0 Å². The molecule has 0 aromatic heterocycles. The highest BCUT2D eigenvalue weighted by molar-refractivity contribution is 5.60. The Bertz CT molecular complexity index is 59.9. The van der Waals surface area contributed by atoms with Gasteiger partial charge in [-0.1, -0.05) is 0 Å². The molecule has 0 atom stereocenters. The zero-order valence-electron chi connectivity index (χ0n) is 3.26. The molecule has 3 N–H and O–H groups in total. The van der Waals surface area contributed by atoms with Gasteiger partial charge >= 0.3 is 0 Å². The first kappa shape index (κ1) is 3.58. The molecule has 0 unspecified atom stereocenters.